The van der Waals surface area contributed by atoms with Crippen LogP contribution in [0.25, 0.3) is 0 Å². The van der Waals surface area contributed by atoms with Gasteiger partial charge in [-0.3, -0.25) is 9.59 Å². The summed E-state index contributed by atoms with van der Waals surface area (Å²) in [4.78, 5) is 26.3. The van der Waals surface area contributed by atoms with E-state index in [4.69, 9.17) is 0 Å². The molecule has 1 aliphatic rings. The summed E-state index contributed by atoms with van der Waals surface area (Å²) < 4.78 is 0. The molecule has 7 heteroatoms. The molecule has 1 saturated heterocycles. The first-order valence-corrected chi connectivity index (χ1v) is 8.83. The molecular weight excluding hydrogens is 324 g/mol. The first kappa shape index (κ1) is 16.6. The maximum Gasteiger partial charge on any atom is 0.231 e. The molecule has 1 N–H and O–H groups in total. The van der Waals surface area contributed by atoms with E-state index in [1.165, 1.54) is 16.9 Å². The Balaban J connectivity index is 1.59. The minimum absolute atomic E-state index is 0.0160. The molecule has 0 saturated carbocycles. The number of nitrogens with one attached hydrogen (secondary N) is 1. The van der Waals surface area contributed by atoms with Gasteiger partial charge in [-0.1, -0.05) is 48.1 Å². The van der Waals surface area contributed by atoms with Crippen molar-refractivity contribution in [2.45, 2.75) is 33.2 Å². The predicted molar refractivity (Wildman–Crippen MR) is 92.6 cm³/mol. The van der Waals surface area contributed by atoms with Crippen LogP contribution in [0.1, 0.15) is 29.5 Å². The van der Waals surface area contributed by atoms with E-state index >= 15 is 0 Å². The fourth-order valence-corrected chi connectivity index (χ4v) is 3.35. The van der Waals surface area contributed by atoms with Crippen LogP contribution < -0.4 is 5.32 Å². The number of amides is 2. The van der Waals surface area contributed by atoms with Gasteiger partial charge in [0.25, 0.3) is 0 Å². The molecule has 6 nitrogen and oxygen atoms in total. The van der Waals surface area contributed by atoms with Gasteiger partial charge in [-0.15, -0.1) is 10.2 Å². The van der Waals surface area contributed by atoms with Gasteiger partial charge in [0.15, 0.2) is 0 Å². The van der Waals surface area contributed by atoms with Gasteiger partial charge in [0.2, 0.25) is 16.9 Å². The van der Waals surface area contributed by atoms with E-state index in [2.05, 4.69) is 15.5 Å². The van der Waals surface area contributed by atoms with Gasteiger partial charge >= 0.3 is 0 Å². The Labute approximate surface area is 144 Å². The van der Waals surface area contributed by atoms with Gasteiger partial charge in [-0.25, -0.2) is 0 Å². The smallest absolute Gasteiger partial charge is 0.231 e. The first-order valence-electron chi connectivity index (χ1n) is 8.01. The lowest BCUT2D eigenvalue weighted by Crippen LogP contribution is -2.28. The van der Waals surface area contributed by atoms with Crippen LogP contribution in [0.4, 0.5) is 5.13 Å². The Kier molecular flexibility index (Phi) is 4.89. The molecule has 1 atom stereocenters. The molecule has 1 aromatic carbocycles. The number of rotatable bonds is 5. The Morgan fingerprint density at radius 3 is 2.75 bits per heavy atom. The van der Waals surface area contributed by atoms with Crippen molar-refractivity contribution in [2.75, 3.05) is 11.9 Å². The zero-order valence-corrected chi connectivity index (χ0v) is 14.6. The second kappa shape index (κ2) is 7.09. The molecule has 0 bridgehead atoms. The minimum Gasteiger partial charge on any atom is -0.338 e. The molecule has 0 radical (unpaired) electrons. The lowest BCUT2D eigenvalue weighted by atomic mass is 10.1. The normalized spacial score (nSPS) is 17.3. The van der Waals surface area contributed by atoms with Crippen LogP contribution in [0.5, 0.6) is 0 Å². The summed E-state index contributed by atoms with van der Waals surface area (Å²) in [7, 11) is 0. The summed E-state index contributed by atoms with van der Waals surface area (Å²) >= 11 is 1.37. The highest BCUT2D eigenvalue weighted by Gasteiger charge is 2.34. The molecule has 0 spiro atoms. The van der Waals surface area contributed by atoms with Crippen molar-refractivity contribution < 1.29 is 9.59 Å². The topological polar surface area (TPSA) is 75.2 Å². The molecule has 0 aliphatic carbocycles. The van der Waals surface area contributed by atoms with Crippen LogP contribution in [-0.4, -0.2) is 33.5 Å². The summed E-state index contributed by atoms with van der Waals surface area (Å²) in [5, 5.41) is 12.1. The number of aromatic nitrogens is 2. The third-order valence-corrected chi connectivity index (χ3v) is 5.06. The number of benzene rings is 1. The van der Waals surface area contributed by atoms with Crippen LogP contribution in [0.15, 0.2) is 24.3 Å². The molecule has 1 fully saturated rings. The van der Waals surface area contributed by atoms with Crippen LogP contribution in [0, 0.1) is 12.8 Å². The van der Waals surface area contributed by atoms with Gasteiger partial charge in [-0.05, 0) is 18.9 Å². The van der Waals surface area contributed by atoms with Gasteiger partial charge in [-0.2, -0.15) is 0 Å². The Hall–Kier alpha value is -2.28. The minimum atomic E-state index is -0.336. The van der Waals surface area contributed by atoms with Crippen molar-refractivity contribution in [2.24, 2.45) is 5.92 Å². The second-order valence-electron chi connectivity index (χ2n) is 6.00. The fourth-order valence-electron chi connectivity index (χ4n) is 2.67. The maximum atomic E-state index is 12.3. The highest BCUT2D eigenvalue weighted by atomic mass is 32.1. The molecule has 2 aromatic rings. The van der Waals surface area contributed by atoms with E-state index in [1.54, 1.807) is 4.90 Å². The number of aryl methyl sites for hydroxylation is 2. The number of carbonyl (C=O) groups excluding carboxylic acids is 2. The number of nitrogens with zero attached hydrogens (tertiary/aromatic N) is 3. The van der Waals surface area contributed by atoms with Crippen LogP contribution in [0.2, 0.25) is 0 Å². The molecule has 3 rings (SSSR count). The molecule has 2 heterocycles. The summed E-state index contributed by atoms with van der Waals surface area (Å²) in [5.41, 5.74) is 2.26. The van der Waals surface area contributed by atoms with Crippen molar-refractivity contribution in [1.29, 1.82) is 0 Å². The highest BCUT2D eigenvalue weighted by molar-refractivity contribution is 7.15. The summed E-state index contributed by atoms with van der Waals surface area (Å²) in [6.07, 6.45) is 1.04. The SMILES string of the molecule is CCc1nnc(NC(=O)[C@@H]2CC(=O)N(Cc3ccc(C)cc3)C2)s1. The number of anilines is 1. The van der Waals surface area contributed by atoms with E-state index in [1.807, 2.05) is 38.1 Å². The van der Waals surface area contributed by atoms with Crippen molar-refractivity contribution in [3.63, 3.8) is 0 Å². The van der Waals surface area contributed by atoms with Gasteiger partial charge < -0.3 is 10.2 Å². The molecule has 1 aliphatic heterocycles. The molecule has 2 amide bonds. The average Bonchev–Trinajstić information content (AvgIpc) is 3.16. The van der Waals surface area contributed by atoms with E-state index in [0.29, 0.717) is 18.2 Å². The van der Waals surface area contributed by atoms with Crippen LogP contribution in [0.3, 0.4) is 0 Å². The lowest BCUT2D eigenvalue weighted by molar-refractivity contribution is -0.128. The molecule has 0 unspecified atom stereocenters. The Bertz CT molecular complexity index is 741. The highest BCUT2D eigenvalue weighted by Crippen LogP contribution is 2.23. The predicted octanol–water partition coefficient (Wildman–Crippen LogP) is 2.40. The summed E-state index contributed by atoms with van der Waals surface area (Å²) in [5.74, 6) is -0.479. The average molecular weight is 344 g/mol. The quantitative estimate of drug-likeness (QED) is 0.904. The van der Waals surface area contributed by atoms with Gasteiger partial charge in [0.05, 0.1) is 5.92 Å². The van der Waals surface area contributed by atoms with Gasteiger partial charge in [0.1, 0.15) is 5.01 Å². The van der Waals surface area contributed by atoms with Crippen molar-refractivity contribution in [3.05, 3.63) is 40.4 Å². The standard InChI is InChI=1S/C17H20N4O2S/c1-3-14-19-20-17(24-14)18-16(23)13-8-15(22)21(10-13)9-12-6-4-11(2)5-7-12/h4-7,13H,3,8-10H2,1-2H3,(H,18,20,23)/t13-/m1/s1. The first-order chi connectivity index (χ1) is 11.5. The van der Waals surface area contributed by atoms with Crippen molar-refractivity contribution in [1.82, 2.24) is 15.1 Å². The van der Waals surface area contributed by atoms with Gasteiger partial charge in [0, 0.05) is 19.5 Å². The van der Waals surface area contributed by atoms with Crippen molar-refractivity contribution >= 4 is 28.3 Å². The maximum absolute atomic E-state index is 12.3. The lowest BCUT2D eigenvalue weighted by Gasteiger charge is -2.16. The third-order valence-electron chi connectivity index (χ3n) is 4.08. The zero-order valence-electron chi connectivity index (χ0n) is 13.8. The van der Waals surface area contributed by atoms with E-state index in [9.17, 15) is 9.59 Å². The number of hydrogen-bond acceptors (Lipinski definition) is 5. The Morgan fingerprint density at radius 2 is 2.08 bits per heavy atom. The third kappa shape index (κ3) is 3.79. The van der Waals surface area contributed by atoms with E-state index < -0.39 is 0 Å². The van der Waals surface area contributed by atoms with E-state index in [-0.39, 0.29) is 24.2 Å². The molecule has 1 aromatic heterocycles. The number of hydrogen-bond donors (Lipinski definition) is 1. The molecule has 24 heavy (non-hydrogen) atoms. The summed E-state index contributed by atoms with van der Waals surface area (Å²) in [6, 6.07) is 8.09. The molecule has 126 valence electrons. The molecular formula is C17H20N4O2S. The Morgan fingerprint density at radius 1 is 1.33 bits per heavy atom. The fraction of sp³-hybridized carbons (Fsp3) is 0.412. The monoisotopic (exact) mass is 344 g/mol. The second-order valence-corrected chi connectivity index (χ2v) is 7.07. The summed E-state index contributed by atoms with van der Waals surface area (Å²) in [6.45, 7) is 5.01. The van der Waals surface area contributed by atoms with Crippen molar-refractivity contribution in [3.8, 4) is 0 Å². The number of likely N-dealkylation sites (tertiary alicyclic amines) is 1. The van der Waals surface area contributed by atoms with Crippen LogP contribution in [-0.2, 0) is 22.6 Å². The van der Waals surface area contributed by atoms with E-state index in [0.717, 1.165) is 17.0 Å². The zero-order chi connectivity index (χ0) is 17.1. The number of carbonyl (C=O) groups is 2. The van der Waals surface area contributed by atoms with Crippen LogP contribution >= 0.6 is 11.3 Å². The largest absolute Gasteiger partial charge is 0.338 e.